The Morgan fingerprint density at radius 3 is 2.52 bits per heavy atom. The average Bonchev–Trinajstić information content (AvgIpc) is 3.06. The Bertz CT molecular complexity index is 710. The second-order valence-corrected chi connectivity index (χ2v) is 12.5. The van der Waals surface area contributed by atoms with Gasteiger partial charge in [-0.2, -0.15) is 0 Å². The van der Waals surface area contributed by atoms with Crippen LogP contribution in [0.4, 0.5) is 0 Å². The van der Waals surface area contributed by atoms with E-state index in [0.717, 1.165) is 31.1 Å². The van der Waals surface area contributed by atoms with Crippen LogP contribution < -0.4 is 0 Å². The van der Waals surface area contributed by atoms with Crippen molar-refractivity contribution < 1.29 is 10.2 Å². The molecule has 4 rings (SSSR count). The molecule has 0 saturated heterocycles. The molecule has 3 fully saturated rings. The summed E-state index contributed by atoms with van der Waals surface area (Å²) >= 11 is 0. The maximum Gasteiger partial charge on any atom is 0.0757 e. The smallest absolute Gasteiger partial charge is 0.0757 e. The van der Waals surface area contributed by atoms with E-state index in [1.54, 1.807) is 0 Å². The zero-order valence-corrected chi connectivity index (χ0v) is 20.9. The molecule has 2 N–H and O–H groups in total. The van der Waals surface area contributed by atoms with Crippen molar-refractivity contribution in [1.82, 2.24) is 0 Å². The normalized spacial score (nSPS) is 46.4. The highest BCUT2D eigenvalue weighted by Gasteiger charge is 2.61. The molecule has 0 aliphatic heterocycles. The molecule has 2 nitrogen and oxygen atoms in total. The molecule has 4 aliphatic carbocycles. The lowest BCUT2D eigenvalue weighted by molar-refractivity contribution is -0.0971. The van der Waals surface area contributed by atoms with E-state index in [1.165, 1.54) is 56.1 Å². The lowest BCUT2D eigenvalue weighted by atomic mass is 9.46. The highest BCUT2D eigenvalue weighted by Crippen LogP contribution is 2.67. The standard InChI is InChI=1S/C29H48O2/c1-7-20(18(2)3)9-8-19(4)23-10-11-24-27-25(13-15-29(23,24)6)28(5)14-12-22(30)16-21(28)17-26(27)31/h17,19-20,22-27,30-31H,2,7-16H2,1,3-6H3/t19-,20?,22+,23-,24+,25+,26-,27+,28+,29-/m1/s1. The largest absolute Gasteiger partial charge is 0.393 e. The van der Waals surface area contributed by atoms with Gasteiger partial charge in [0, 0.05) is 0 Å². The Morgan fingerprint density at radius 1 is 1.10 bits per heavy atom. The van der Waals surface area contributed by atoms with Crippen LogP contribution in [0.25, 0.3) is 0 Å². The summed E-state index contributed by atoms with van der Waals surface area (Å²) in [5.74, 6) is 3.88. The molecule has 0 spiro atoms. The van der Waals surface area contributed by atoms with Crippen molar-refractivity contribution >= 4 is 0 Å². The van der Waals surface area contributed by atoms with Gasteiger partial charge in [-0.05, 0) is 117 Å². The van der Waals surface area contributed by atoms with E-state index < -0.39 is 0 Å². The topological polar surface area (TPSA) is 40.5 Å². The zero-order valence-electron chi connectivity index (χ0n) is 20.9. The SMILES string of the molecule is C=C(C)C(CC)CC[C@@H](C)[C@H]1CC[C@H]2[C@@H]3[C@H](O)C=C4C[C@@H](O)CC[C@]4(C)[C@H]3CC[C@]12C. The summed E-state index contributed by atoms with van der Waals surface area (Å²) in [6.45, 7) is 16.3. The van der Waals surface area contributed by atoms with Crippen LogP contribution in [0.15, 0.2) is 23.8 Å². The van der Waals surface area contributed by atoms with Crippen molar-refractivity contribution in [3.8, 4) is 0 Å². The summed E-state index contributed by atoms with van der Waals surface area (Å²) in [7, 11) is 0. The summed E-state index contributed by atoms with van der Waals surface area (Å²) in [6, 6.07) is 0. The molecular formula is C29H48O2. The molecule has 3 saturated carbocycles. The summed E-state index contributed by atoms with van der Waals surface area (Å²) in [6.07, 6.45) is 13.5. The Morgan fingerprint density at radius 2 is 1.84 bits per heavy atom. The third-order valence-electron chi connectivity index (χ3n) is 11.0. The second kappa shape index (κ2) is 8.64. The van der Waals surface area contributed by atoms with Gasteiger partial charge in [0.1, 0.15) is 0 Å². The molecule has 2 heteroatoms. The molecule has 1 unspecified atom stereocenters. The molecule has 10 atom stereocenters. The van der Waals surface area contributed by atoms with Gasteiger partial charge in [-0.1, -0.05) is 51.5 Å². The molecule has 0 aromatic rings. The third-order valence-corrected chi connectivity index (χ3v) is 11.0. The predicted molar refractivity (Wildman–Crippen MR) is 130 cm³/mol. The van der Waals surface area contributed by atoms with E-state index >= 15 is 0 Å². The minimum Gasteiger partial charge on any atom is -0.393 e. The number of aliphatic hydroxyl groups excluding tert-OH is 2. The van der Waals surface area contributed by atoms with Gasteiger partial charge in [-0.25, -0.2) is 0 Å². The van der Waals surface area contributed by atoms with Crippen molar-refractivity contribution in [1.29, 1.82) is 0 Å². The Hall–Kier alpha value is -0.600. The minimum atomic E-state index is -0.315. The van der Waals surface area contributed by atoms with Gasteiger partial charge >= 0.3 is 0 Å². The fourth-order valence-electron chi connectivity index (χ4n) is 9.07. The van der Waals surface area contributed by atoms with Crippen LogP contribution in [-0.2, 0) is 0 Å². The van der Waals surface area contributed by atoms with Crippen molar-refractivity contribution in [2.24, 2.45) is 46.3 Å². The first kappa shape index (κ1) is 23.6. The van der Waals surface area contributed by atoms with E-state index in [2.05, 4.69) is 47.3 Å². The fraction of sp³-hybridized carbons (Fsp3) is 0.862. The van der Waals surface area contributed by atoms with Gasteiger partial charge in [0.05, 0.1) is 12.2 Å². The number of aliphatic hydroxyl groups is 2. The van der Waals surface area contributed by atoms with Crippen LogP contribution in [0.3, 0.4) is 0 Å². The lowest BCUT2D eigenvalue weighted by Gasteiger charge is -2.59. The van der Waals surface area contributed by atoms with Crippen molar-refractivity contribution in [3.05, 3.63) is 23.8 Å². The number of allylic oxidation sites excluding steroid dienone is 1. The van der Waals surface area contributed by atoms with Crippen LogP contribution in [0.1, 0.15) is 98.8 Å². The summed E-state index contributed by atoms with van der Waals surface area (Å²) in [4.78, 5) is 0. The first-order valence-corrected chi connectivity index (χ1v) is 13.3. The van der Waals surface area contributed by atoms with Gasteiger partial charge < -0.3 is 10.2 Å². The maximum atomic E-state index is 11.3. The van der Waals surface area contributed by atoms with E-state index in [4.69, 9.17) is 0 Å². The van der Waals surface area contributed by atoms with Crippen molar-refractivity contribution in [2.75, 3.05) is 0 Å². The second-order valence-electron chi connectivity index (χ2n) is 12.5. The molecule has 31 heavy (non-hydrogen) atoms. The van der Waals surface area contributed by atoms with Gasteiger partial charge in [0.15, 0.2) is 0 Å². The molecule has 176 valence electrons. The van der Waals surface area contributed by atoms with Gasteiger partial charge in [-0.3, -0.25) is 0 Å². The number of hydrogen-bond acceptors (Lipinski definition) is 2. The fourth-order valence-corrected chi connectivity index (χ4v) is 9.07. The average molecular weight is 429 g/mol. The summed E-state index contributed by atoms with van der Waals surface area (Å²) in [5.41, 5.74) is 3.29. The zero-order chi connectivity index (χ0) is 22.6. The van der Waals surface area contributed by atoms with E-state index in [-0.39, 0.29) is 17.6 Å². The van der Waals surface area contributed by atoms with Gasteiger partial charge in [0.25, 0.3) is 0 Å². The van der Waals surface area contributed by atoms with Crippen LogP contribution >= 0.6 is 0 Å². The molecular weight excluding hydrogens is 380 g/mol. The van der Waals surface area contributed by atoms with Crippen molar-refractivity contribution in [3.63, 3.8) is 0 Å². The van der Waals surface area contributed by atoms with E-state index in [1.807, 2.05) is 0 Å². The number of rotatable bonds is 6. The first-order valence-electron chi connectivity index (χ1n) is 13.3. The highest BCUT2D eigenvalue weighted by molar-refractivity contribution is 5.27. The van der Waals surface area contributed by atoms with E-state index in [0.29, 0.717) is 29.1 Å². The first-order chi connectivity index (χ1) is 14.6. The molecule has 0 bridgehead atoms. The molecule has 0 aromatic carbocycles. The minimum absolute atomic E-state index is 0.198. The van der Waals surface area contributed by atoms with Crippen molar-refractivity contribution in [2.45, 2.75) is 111 Å². The van der Waals surface area contributed by atoms with Gasteiger partial charge in [-0.15, -0.1) is 0 Å². The maximum absolute atomic E-state index is 11.3. The quantitative estimate of drug-likeness (QED) is 0.451. The molecule has 0 radical (unpaired) electrons. The third kappa shape index (κ3) is 3.88. The van der Waals surface area contributed by atoms with E-state index in [9.17, 15) is 10.2 Å². The predicted octanol–water partition coefficient (Wildman–Crippen LogP) is 6.92. The Kier molecular flexibility index (Phi) is 6.56. The van der Waals surface area contributed by atoms with Crippen LogP contribution in [0, 0.1) is 46.3 Å². The van der Waals surface area contributed by atoms with Crippen LogP contribution in [0.2, 0.25) is 0 Å². The number of fused-ring (bicyclic) bond motifs is 5. The van der Waals surface area contributed by atoms with Crippen LogP contribution in [-0.4, -0.2) is 22.4 Å². The molecule has 0 aromatic heterocycles. The number of hydrogen-bond donors (Lipinski definition) is 2. The van der Waals surface area contributed by atoms with Crippen LogP contribution in [0.5, 0.6) is 0 Å². The highest BCUT2D eigenvalue weighted by atomic mass is 16.3. The Balaban J connectivity index is 1.52. The Labute approximate surface area is 191 Å². The summed E-state index contributed by atoms with van der Waals surface area (Å²) < 4.78 is 0. The summed E-state index contributed by atoms with van der Waals surface area (Å²) in [5, 5.41) is 21.6. The molecule has 4 aliphatic rings. The lowest BCUT2D eigenvalue weighted by Crippen LogP contribution is -2.54. The monoisotopic (exact) mass is 428 g/mol. The molecule has 0 amide bonds. The van der Waals surface area contributed by atoms with Gasteiger partial charge in [0.2, 0.25) is 0 Å². The molecule has 0 heterocycles.